The number of carbonyl (C=O) groups is 1. The van der Waals surface area contributed by atoms with Gasteiger partial charge in [0.15, 0.2) is 0 Å². The number of piperidine rings is 2. The van der Waals surface area contributed by atoms with E-state index in [9.17, 15) is 4.79 Å². The van der Waals surface area contributed by atoms with Crippen molar-refractivity contribution < 1.29 is 4.79 Å². The molecule has 4 fully saturated rings. The van der Waals surface area contributed by atoms with Gasteiger partial charge in [-0.05, 0) is 12.1 Å². The van der Waals surface area contributed by atoms with Gasteiger partial charge in [0.05, 0.1) is 5.71 Å². The number of amides is 1. The highest BCUT2D eigenvalue weighted by Gasteiger charge is 2.49. The van der Waals surface area contributed by atoms with E-state index in [1.807, 2.05) is 0 Å². The first-order valence-electron chi connectivity index (χ1n) is 7.87. The van der Waals surface area contributed by atoms with Crippen molar-refractivity contribution in [2.75, 3.05) is 39.3 Å². The maximum Gasteiger partial charge on any atom is 0.271 e. The topological polar surface area (TPSA) is 60.8 Å². The molecular weight excluding hydrogens is 278 g/mol. The van der Waals surface area contributed by atoms with E-state index < -0.39 is 0 Å². The lowest BCUT2D eigenvalue weighted by molar-refractivity contribution is 0.0948. The minimum atomic E-state index is -0.161. The van der Waals surface area contributed by atoms with Crippen molar-refractivity contribution in [3.05, 3.63) is 30.1 Å². The van der Waals surface area contributed by atoms with Gasteiger partial charge in [-0.2, -0.15) is 5.10 Å². The molecule has 4 aliphatic heterocycles. The van der Waals surface area contributed by atoms with Crippen molar-refractivity contribution in [3.8, 4) is 0 Å². The monoisotopic (exact) mass is 299 g/mol. The highest BCUT2D eigenvalue weighted by Crippen LogP contribution is 2.37. The Morgan fingerprint density at radius 1 is 1.27 bits per heavy atom. The summed E-state index contributed by atoms with van der Waals surface area (Å²) >= 11 is 0. The van der Waals surface area contributed by atoms with Crippen molar-refractivity contribution in [1.82, 2.24) is 20.2 Å². The molecule has 0 aliphatic carbocycles. The van der Waals surface area contributed by atoms with Gasteiger partial charge in [-0.1, -0.05) is 6.92 Å². The zero-order valence-corrected chi connectivity index (χ0v) is 12.8. The van der Waals surface area contributed by atoms with E-state index in [4.69, 9.17) is 0 Å². The van der Waals surface area contributed by atoms with Crippen LogP contribution < -0.4 is 5.43 Å². The van der Waals surface area contributed by atoms with E-state index in [0.29, 0.717) is 11.5 Å². The summed E-state index contributed by atoms with van der Waals surface area (Å²) in [5.41, 5.74) is 4.58. The Hall–Kier alpha value is -1.79. The Morgan fingerprint density at radius 3 is 2.50 bits per heavy atom. The molecule has 4 aliphatic rings. The molecule has 1 aromatic rings. The minimum Gasteiger partial charge on any atom is -0.300 e. The number of aromatic nitrogens is 1. The van der Waals surface area contributed by atoms with Crippen molar-refractivity contribution in [2.45, 2.75) is 6.92 Å². The van der Waals surface area contributed by atoms with Gasteiger partial charge in [0.2, 0.25) is 0 Å². The lowest BCUT2D eigenvalue weighted by Crippen LogP contribution is -2.60. The molecule has 1 amide bonds. The van der Waals surface area contributed by atoms with Crippen LogP contribution in [0.1, 0.15) is 17.3 Å². The highest BCUT2D eigenvalue weighted by molar-refractivity contribution is 5.98. The molecular formula is C16H21N5O. The highest BCUT2D eigenvalue weighted by atomic mass is 16.2. The van der Waals surface area contributed by atoms with Crippen LogP contribution in [0.25, 0.3) is 0 Å². The molecule has 6 nitrogen and oxygen atoms in total. The maximum absolute atomic E-state index is 12.2. The van der Waals surface area contributed by atoms with Crippen LogP contribution >= 0.6 is 0 Å². The predicted octanol–water partition coefficient (Wildman–Crippen LogP) is 0.435. The fourth-order valence-electron chi connectivity index (χ4n) is 4.20. The number of nitrogens with zero attached hydrogens (tertiary/aromatic N) is 4. The molecule has 1 aromatic heterocycles. The Bertz CT molecular complexity index is 598. The second kappa shape index (κ2) is 5.14. The molecule has 116 valence electrons. The van der Waals surface area contributed by atoms with Crippen LogP contribution in [0.4, 0.5) is 0 Å². The van der Waals surface area contributed by atoms with Crippen molar-refractivity contribution in [1.29, 1.82) is 0 Å². The Kier molecular flexibility index (Phi) is 3.23. The molecule has 0 radical (unpaired) electrons. The van der Waals surface area contributed by atoms with Crippen LogP contribution in [0.2, 0.25) is 0 Å². The fraction of sp³-hybridized carbons (Fsp3) is 0.562. The van der Waals surface area contributed by atoms with E-state index in [2.05, 4.69) is 32.2 Å². The summed E-state index contributed by atoms with van der Waals surface area (Å²) in [4.78, 5) is 21.2. The van der Waals surface area contributed by atoms with Crippen molar-refractivity contribution in [2.24, 2.45) is 16.4 Å². The first-order valence-corrected chi connectivity index (χ1v) is 7.87. The SMILES string of the molecule is CC12CN3CCN(CC(C3)C1=NNC(=O)c1ccncc1)C2. The van der Waals surface area contributed by atoms with Crippen LogP contribution in [-0.2, 0) is 0 Å². The summed E-state index contributed by atoms with van der Waals surface area (Å²) in [6.07, 6.45) is 3.24. The fourth-order valence-corrected chi connectivity index (χ4v) is 4.20. The van der Waals surface area contributed by atoms with Gasteiger partial charge in [-0.15, -0.1) is 0 Å². The minimum absolute atomic E-state index is 0.0587. The van der Waals surface area contributed by atoms with E-state index in [1.54, 1.807) is 24.5 Å². The van der Waals surface area contributed by atoms with Crippen LogP contribution in [0.15, 0.2) is 29.6 Å². The Morgan fingerprint density at radius 2 is 1.91 bits per heavy atom. The number of pyridine rings is 1. The summed E-state index contributed by atoms with van der Waals surface area (Å²) in [5.74, 6) is 0.276. The second-order valence-corrected chi connectivity index (χ2v) is 6.90. The molecule has 0 saturated carbocycles. The smallest absolute Gasteiger partial charge is 0.271 e. The summed E-state index contributed by atoms with van der Waals surface area (Å²) in [6, 6.07) is 3.41. The average Bonchev–Trinajstić information content (AvgIpc) is 2.74. The molecule has 4 bridgehead atoms. The van der Waals surface area contributed by atoms with Crippen LogP contribution in [0, 0.1) is 11.3 Å². The maximum atomic E-state index is 12.2. The third-order valence-electron chi connectivity index (χ3n) is 5.06. The Balaban J connectivity index is 1.56. The average molecular weight is 299 g/mol. The molecule has 0 spiro atoms. The molecule has 1 N–H and O–H groups in total. The van der Waals surface area contributed by atoms with Gasteiger partial charge in [0.1, 0.15) is 0 Å². The number of rotatable bonds is 2. The van der Waals surface area contributed by atoms with Crippen LogP contribution in [0.5, 0.6) is 0 Å². The van der Waals surface area contributed by atoms with Gasteiger partial charge >= 0.3 is 0 Å². The first kappa shape index (κ1) is 13.8. The molecule has 2 unspecified atom stereocenters. The molecule has 5 rings (SSSR count). The molecule has 22 heavy (non-hydrogen) atoms. The molecule has 5 heterocycles. The normalized spacial score (nSPS) is 38.0. The number of nitrogens with one attached hydrogen (secondary N) is 1. The van der Waals surface area contributed by atoms with Gasteiger partial charge in [-0.25, -0.2) is 5.43 Å². The Labute approximate surface area is 130 Å². The molecule has 6 heteroatoms. The number of fused-ring (bicyclic) bond motifs is 1. The zero-order chi connectivity index (χ0) is 15.2. The largest absolute Gasteiger partial charge is 0.300 e. The third-order valence-corrected chi connectivity index (χ3v) is 5.06. The standard InChI is InChI=1S/C16H21N5O/c1-16-10-20-6-7-21(11-16)9-13(8-20)14(16)18-19-15(22)12-2-4-17-5-3-12/h2-5,13H,6-11H2,1H3,(H,19,22). The number of hydrogen-bond donors (Lipinski definition) is 1. The predicted molar refractivity (Wildman–Crippen MR) is 83.6 cm³/mol. The zero-order valence-electron chi connectivity index (χ0n) is 12.8. The lowest BCUT2D eigenvalue weighted by Gasteiger charge is -2.48. The van der Waals surface area contributed by atoms with E-state index in [-0.39, 0.29) is 11.3 Å². The number of hydrogen-bond acceptors (Lipinski definition) is 5. The first-order chi connectivity index (χ1) is 10.6. The van der Waals surface area contributed by atoms with Gasteiger partial charge in [-0.3, -0.25) is 9.78 Å². The summed E-state index contributed by atoms with van der Waals surface area (Å²) in [7, 11) is 0. The van der Waals surface area contributed by atoms with E-state index in [0.717, 1.165) is 39.3 Å². The van der Waals surface area contributed by atoms with Crippen LogP contribution in [0.3, 0.4) is 0 Å². The number of carbonyl (C=O) groups excluding carboxylic acids is 1. The van der Waals surface area contributed by atoms with Gasteiger partial charge < -0.3 is 9.80 Å². The van der Waals surface area contributed by atoms with Gasteiger partial charge in [0, 0.05) is 68.6 Å². The molecule has 2 atom stereocenters. The molecule has 4 saturated heterocycles. The lowest BCUT2D eigenvalue weighted by atomic mass is 9.72. The summed E-state index contributed by atoms with van der Waals surface area (Å²) in [6.45, 7) is 8.81. The third kappa shape index (κ3) is 2.32. The van der Waals surface area contributed by atoms with Crippen molar-refractivity contribution in [3.63, 3.8) is 0 Å². The van der Waals surface area contributed by atoms with E-state index >= 15 is 0 Å². The second-order valence-electron chi connectivity index (χ2n) is 6.90. The van der Waals surface area contributed by atoms with Crippen molar-refractivity contribution >= 4 is 11.6 Å². The summed E-state index contributed by atoms with van der Waals surface area (Å²) < 4.78 is 0. The number of hydrazone groups is 1. The van der Waals surface area contributed by atoms with E-state index in [1.165, 1.54) is 5.71 Å². The summed E-state index contributed by atoms with van der Waals surface area (Å²) in [5, 5.41) is 4.56. The van der Waals surface area contributed by atoms with Gasteiger partial charge in [0.25, 0.3) is 5.91 Å². The quantitative estimate of drug-likeness (QED) is 0.805. The van der Waals surface area contributed by atoms with Crippen LogP contribution in [-0.4, -0.2) is 65.7 Å². The molecule has 0 aromatic carbocycles.